The van der Waals surface area contributed by atoms with Gasteiger partial charge in [0.1, 0.15) is 12.4 Å². The van der Waals surface area contributed by atoms with E-state index in [9.17, 15) is 9.59 Å². The predicted octanol–water partition coefficient (Wildman–Crippen LogP) is 4.33. The zero-order valence-corrected chi connectivity index (χ0v) is 20.9. The summed E-state index contributed by atoms with van der Waals surface area (Å²) in [6.07, 6.45) is 9.18. The largest absolute Gasteiger partial charge is 0.321 e. The number of carbonyl (C=O) groups excluding carboxylic acids is 2. The van der Waals surface area contributed by atoms with E-state index in [0.717, 1.165) is 32.2 Å². The maximum atomic E-state index is 13.7. The van der Waals surface area contributed by atoms with E-state index in [1.807, 2.05) is 12.1 Å². The van der Waals surface area contributed by atoms with Gasteiger partial charge in [0.2, 0.25) is 5.91 Å². The van der Waals surface area contributed by atoms with E-state index in [1.54, 1.807) is 17.2 Å². The Morgan fingerprint density at radius 3 is 2.37 bits per heavy atom. The molecule has 186 valence electrons. The van der Waals surface area contributed by atoms with Gasteiger partial charge >= 0.3 is 6.03 Å². The quantitative estimate of drug-likeness (QED) is 0.647. The summed E-state index contributed by atoms with van der Waals surface area (Å²) < 4.78 is 0. The van der Waals surface area contributed by atoms with Crippen molar-refractivity contribution in [2.75, 3.05) is 39.0 Å². The third kappa shape index (κ3) is 4.54. The molecule has 1 spiro atoms. The van der Waals surface area contributed by atoms with Gasteiger partial charge in [-0.15, -0.1) is 0 Å². The van der Waals surface area contributed by atoms with Crippen LogP contribution in [0.1, 0.15) is 50.5 Å². The topological polar surface area (TPSA) is 68.8 Å². The lowest BCUT2D eigenvalue weighted by molar-refractivity contribution is -0.116. The molecule has 5 rings (SSSR count). The molecular formula is C28H37N5O2. The number of benzene rings is 1. The highest BCUT2D eigenvalue weighted by Gasteiger charge is 2.55. The van der Waals surface area contributed by atoms with Crippen LogP contribution in [0.15, 0.2) is 54.7 Å². The molecule has 1 aliphatic heterocycles. The maximum absolute atomic E-state index is 13.7. The fourth-order valence-electron chi connectivity index (χ4n) is 6.30. The molecule has 2 heterocycles. The zero-order chi connectivity index (χ0) is 24.5. The molecule has 35 heavy (non-hydrogen) atoms. The third-order valence-electron chi connectivity index (χ3n) is 8.67. The van der Waals surface area contributed by atoms with Gasteiger partial charge in [-0.2, -0.15) is 0 Å². The summed E-state index contributed by atoms with van der Waals surface area (Å²) in [5, 5.41) is 2.84. The summed E-state index contributed by atoms with van der Waals surface area (Å²) in [6.45, 7) is 1.50. The number of hydrogen-bond donors (Lipinski definition) is 1. The van der Waals surface area contributed by atoms with Gasteiger partial charge in [-0.1, -0.05) is 42.8 Å². The monoisotopic (exact) mass is 475 g/mol. The van der Waals surface area contributed by atoms with E-state index >= 15 is 0 Å². The molecule has 1 aromatic heterocycles. The van der Waals surface area contributed by atoms with Gasteiger partial charge in [0.25, 0.3) is 0 Å². The number of nitrogens with one attached hydrogen (secondary N) is 1. The highest BCUT2D eigenvalue weighted by Crippen LogP contribution is 2.49. The van der Waals surface area contributed by atoms with Crippen LogP contribution in [-0.2, 0) is 10.3 Å². The molecule has 3 aliphatic rings. The Labute approximate surface area is 208 Å². The first-order valence-corrected chi connectivity index (χ1v) is 12.9. The molecule has 0 atom stereocenters. The number of nitrogens with zero attached hydrogens (tertiary/aromatic N) is 4. The summed E-state index contributed by atoms with van der Waals surface area (Å²) in [7, 11) is 4.34. The first-order chi connectivity index (χ1) is 16.9. The molecule has 2 aromatic rings. The van der Waals surface area contributed by atoms with Crippen molar-refractivity contribution in [1.29, 1.82) is 0 Å². The fourth-order valence-corrected chi connectivity index (χ4v) is 6.30. The van der Waals surface area contributed by atoms with Gasteiger partial charge in [-0.05, 0) is 76.2 Å². The number of amides is 3. The van der Waals surface area contributed by atoms with E-state index in [4.69, 9.17) is 0 Å². The average molecular weight is 476 g/mol. The number of anilines is 1. The molecule has 1 aromatic carbocycles. The summed E-state index contributed by atoms with van der Waals surface area (Å²) in [5.74, 6) is 0.912. The molecule has 3 amide bonds. The molecule has 7 nitrogen and oxygen atoms in total. The average Bonchev–Trinajstić information content (AvgIpc) is 3.08. The number of rotatable bonds is 7. The molecule has 2 aliphatic carbocycles. The Balaban J connectivity index is 1.34. The number of aromatic nitrogens is 1. The van der Waals surface area contributed by atoms with Crippen molar-refractivity contribution in [3.63, 3.8) is 0 Å². The van der Waals surface area contributed by atoms with Gasteiger partial charge in [0.05, 0.1) is 5.54 Å². The minimum atomic E-state index is -0.202. The second-order valence-electron chi connectivity index (χ2n) is 10.8. The second kappa shape index (κ2) is 9.61. The molecule has 3 fully saturated rings. The van der Waals surface area contributed by atoms with Crippen molar-refractivity contribution in [3.05, 3.63) is 60.3 Å². The number of hydrogen-bond acceptors (Lipinski definition) is 4. The highest BCUT2D eigenvalue weighted by molar-refractivity contribution is 5.94. The van der Waals surface area contributed by atoms with Crippen LogP contribution in [0.4, 0.5) is 10.6 Å². The van der Waals surface area contributed by atoms with Crippen LogP contribution in [0, 0.1) is 5.92 Å². The lowest BCUT2D eigenvalue weighted by Gasteiger charge is -2.51. The first kappa shape index (κ1) is 23.8. The molecule has 1 saturated heterocycles. The normalized spacial score (nSPS) is 26.9. The molecule has 0 radical (unpaired) electrons. The lowest BCUT2D eigenvalue weighted by Crippen LogP contribution is -2.56. The summed E-state index contributed by atoms with van der Waals surface area (Å²) in [4.78, 5) is 36.9. The zero-order valence-electron chi connectivity index (χ0n) is 20.9. The Morgan fingerprint density at radius 2 is 1.77 bits per heavy atom. The molecule has 7 heteroatoms. The fraction of sp³-hybridized carbons (Fsp3) is 0.536. The van der Waals surface area contributed by atoms with Crippen LogP contribution in [0.25, 0.3) is 0 Å². The van der Waals surface area contributed by atoms with Crippen molar-refractivity contribution in [1.82, 2.24) is 19.7 Å². The Bertz CT molecular complexity index is 1030. The number of carbonyl (C=O) groups is 2. The van der Waals surface area contributed by atoms with Crippen LogP contribution in [0.2, 0.25) is 0 Å². The van der Waals surface area contributed by atoms with E-state index in [1.165, 1.54) is 24.8 Å². The van der Waals surface area contributed by atoms with Crippen LogP contribution >= 0.6 is 0 Å². The number of urea groups is 1. The summed E-state index contributed by atoms with van der Waals surface area (Å²) >= 11 is 0. The van der Waals surface area contributed by atoms with Crippen molar-refractivity contribution < 1.29 is 9.59 Å². The molecule has 1 N–H and O–H groups in total. The SMILES string of the molecule is CN(C)[C@]1(c2ccccc2)CC[C@]2(CC1)CN(CC(=O)Nc1ccccn1)C(=O)N2CC1CCC1. The minimum Gasteiger partial charge on any atom is -0.317 e. The van der Waals surface area contributed by atoms with E-state index in [0.29, 0.717) is 18.3 Å². The smallest absolute Gasteiger partial charge is 0.317 e. The predicted molar refractivity (Wildman–Crippen MR) is 137 cm³/mol. The first-order valence-electron chi connectivity index (χ1n) is 12.9. The molecular weight excluding hydrogens is 438 g/mol. The van der Waals surface area contributed by atoms with Crippen molar-refractivity contribution in [2.24, 2.45) is 5.92 Å². The second-order valence-corrected chi connectivity index (χ2v) is 10.8. The maximum Gasteiger partial charge on any atom is 0.321 e. The van der Waals surface area contributed by atoms with Gasteiger partial charge in [-0.3, -0.25) is 9.69 Å². The summed E-state index contributed by atoms with van der Waals surface area (Å²) in [5.41, 5.74) is 1.12. The van der Waals surface area contributed by atoms with Gasteiger partial charge in [-0.25, -0.2) is 9.78 Å². The third-order valence-corrected chi connectivity index (χ3v) is 8.67. The van der Waals surface area contributed by atoms with E-state index < -0.39 is 0 Å². The van der Waals surface area contributed by atoms with Crippen molar-refractivity contribution >= 4 is 17.8 Å². The van der Waals surface area contributed by atoms with Crippen LogP contribution in [-0.4, -0.2) is 70.9 Å². The Kier molecular flexibility index (Phi) is 6.53. The van der Waals surface area contributed by atoms with Crippen molar-refractivity contribution in [3.8, 4) is 0 Å². The standard InChI is InChI=1S/C28H37N5O2/c1-31(2)28(23-11-4-3-5-12-23)16-14-27(15-17-28)21-32(26(35)33(27)19-22-9-8-10-22)20-25(34)30-24-13-6-7-18-29-24/h3-7,11-13,18,22H,8-10,14-17,19-21H2,1-2H3,(H,29,30,34)/t27-,28+. The number of pyridine rings is 1. The Hall–Kier alpha value is -2.93. The van der Waals surface area contributed by atoms with Gasteiger partial charge in [0, 0.05) is 24.8 Å². The van der Waals surface area contributed by atoms with Gasteiger partial charge < -0.3 is 15.1 Å². The lowest BCUT2D eigenvalue weighted by atomic mass is 9.68. The van der Waals surface area contributed by atoms with Crippen LogP contribution in [0.3, 0.4) is 0 Å². The van der Waals surface area contributed by atoms with Gasteiger partial charge in [0.15, 0.2) is 0 Å². The van der Waals surface area contributed by atoms with E-state index in [2.05, 4.69) is 64.5 Å². The van der Waals surface area contributed by atoms with Crippen molar-refractivity contribution in [2.45, 2.75) is 56.0 Å². The molecule has 0 unspecified atom stereocenters. The summed E-state index contributed by atoms with van der Waals surface area (Å²) in [6, 6.07) is 16.2. The minimum absolute atomic E-state index is 0.0186. The molecule has 2 saturated carbocycles. The van der Waals surface area contributed by atoms with Crippen LogP contribution < -0.4 is 5.32 Å². The molecule has 0 bridgehead atoms. The van der Waals surface area contributed by atoms with Crippen LogP contribution in [0.5, 0.6) is 0 Å². The highest BCUT2D eigenvalue weighted by atomic mass is 16.2. The Morgan fingerprint density at radius 1 is 1.06 bits per heavy atom. The van der Waals surface area contributed by atoms with E-state index in [-0.39, 0.29) is 29.6 Å².